The molecule has 0 unspecified atom stereocenters. The van der Waals surface area contributed by atoms with Crippen LogP contribution in [0.25, 0.3) is 0 Å². The van der Waals surface area contributed by atoms with E-state index < -0.39 is 0 Å². The van der Waals surface area contributed by atoms with Gasteiger partial charge in [-0.05, 0) is 0 Å². The van der Waals surface area contributed by atoms with E-state index in [4.69, 9.17) is 5.41 Å². The summed E-state index contributed by atoms with van der Waals surface area (Å²) < 4.78 is 1.58. The Hall–Kier alpha value is 0.239. The minimum absolute atomic E-state index is 0.485. The van der Waals surface area contributed by atoms with E-state index in [0.29, 0.717) is 9.86 Å². The number of benzene rings is 1. The summed E-state index contributed by atoms with van der Waals surface area (Å²) in [6, 6.07) is 6.07. The summed E-state index contributed by atoms with van der Waals surface area (Å²) in [5.41, 5.74) is 2.22. The Morgan fingerprint density at radius 1 is 1.53 bits per heavy atom. The Bertz CT molecular complexity index is 366. The molecular weight excluding hydrogens is 337 g/mol. The van der Waals surface area contributed by atoms with Crippen LogP contribution in [0.2, 0.25) is 0 Å². The van der Waals surface area contributed by atoms with Crippen molar-refractivity contribution in [3.8, 4) is 0 Å². The first-order valence-corrected chi connectivity index (χ1v) is 7.36. The zero-order valence-electron chi connectivity index (χ0n) is 8.71. The standard InChI is InChI=1S/C11H13BrNSSe/c1-7(2)14-6-9-4-3-8(11(13)15)5-10(9)12/h3-5,7,13H,6H2,1-2H3. The Morgan fingerprint density at radius 2 is 2.20 bits per heavy atom. The summed E-state index contributed by atoms with van der Waals surface area (Å²) in [6.45, 7) is 4.40. The van der Waals surface area contributed by atoms with Gasteiger partial charge in [0.25, 0.3) is 0 Å². The predicted molar refractivity (Wildman–Crippen MR) is 73.2 cm³/mol. The van der Waals surface area contributed by atoms with Crippen molar-refractivity contribution in [3.05, 3.63) is 33.8 Å². The summed E-state index contributed by atoms with van der Waals surface area (Å²) in [6.07, 6.45) is 0. The van der Waals surface area contributed by atoms with Crippen LogP contribution in [0.3, 0.4) is 0 Å². The molecule has 1 rings (SSSR count). The number of thioether (sulfide) groups is 1. The van der Waals surface area contributed by atoms with Gasteiger partial charge in [0, 0.05) is 0 Å². The van der Waals surface area contributed by atoms with Crippen LogP contribution < -0.4 is 0 Å². The third-order valence-corrected chi connectivity index (χ3v) is 4.26. The molecule has 0 fully saturated rings. The van der Waals surface area contributed by atoms with Crippen LogP contribution >= 0.6 is 27.7 Å². The molecule has 1 nitrogen and oxygen atoms in total. The van der Waals surface area contributed by atoms with E-state index >= 15 is 0 Å². The van der Waals surface area contributed by atoms with Gasteiger partial charge in [0.05, 0.1) is 0 Å². The normalized spacial score (nSPS) is 10.7. The van der Waals surface area contributed by atoms with Crippen molar-refractivity contribution in [3.63, 3.8) is 0 Å². The van der Waals surface area contributed by atoms with Gasteiger partial charge in [-0.2, -0.15) is 0 Å². The molecule has 1 aromatic carbocycles. The molecule has 1 aromatic rings. The zero-order valence-corrected chi connectivity index (χ0v) is 12.8. The van der Waals surface area contributed by atoms with Crippen LogP contribution in [0, 0.1) is 5.41 Å². The van der Waals surface area contributed by atoms with E-state index in [9.17, 15) is 0 Å². The summed E-state index contributed by atoms with van der Waals surface area (Å²) in [5.74, 6) is 1.01. The van der Waals surface area contributed by atoms with Gasteiger partial charge < -0.3 is 0 Å². The van der Waals surface area contributed by atoms with Gasteiger partial charge in [-0.15, -0.1) is 0 Å². The average molecular weight is 350 g/mol. The number of nitrogens with one attached hydrogen (secondary N) is 1. The minimum atomic E-state index is 0.485. The average Bonchev–Trinajstić information content (AvgIpc) is 2.15. The second-order valence-electron chi connectivity index (χ2n) is 3.50. The molecule has 1 radical (unpaired) electrons. The Labute approximate surface area is 112 Å². The molecule has 0 saturated carbocycles. The van der Waals surface area contributed by atoms with Crippen LogP contribution in [0.4, 0.5) is 0 Å². The third-order valence-electron chi connectivity index (χ3n) is 1.89. The van der Waals surface area contributed by atoms with Crippen LogP contribution in [0.15, 0.2) is 22.7 Å². The first-order chi connectivity index (χ1) is 7.00. The second-order valence-corrected chi connectivity index (χ2v) is 6.77. The maximum absolute atomic E-state index is 7.49. The fourth-order valence-corrected chi connectivity index (χ4v) is 2.80. The summed E-state index contributed by atoms with van der Waals surface area (Å²) in [7, 11) is 0. The van der Waals surface area contributed by atoms with Gasteiger partial charge in [0.2, 0.25) is 0 Å². The Balaban J connectivity index is 2.79. The zero-order chi connectivity index (χ0) is 11.4. The molecule has 81 valence electrons. The molecule has 15 heavy (non-hydrogen) atoms. The third kappa shape index (κ3) is 4.31. The topological polar surface area (TPSA) is 23.9 Å². The molecule has 0 heterocycles. The molecular formula is C11H13BrNSSe. The fourth-order valence-electron chi connectivity index (χ4n) is 1.06. The molecule has 0 aliphatic carbocycles. The van der Waals surface area contributed by atoms with Crippen LogP contribution in [-0.4, -0.2) is 25.9 Å². The molecule has 0 spiro atoms. The number of hydrogen-bond acceptors (Lipinski definition) is 2. The quantitative estimate of drug-likeness (QED) is 0.651. The van der Waals surface area contributed by atoms with Crippen LogP contribution in [0.1, 0.15) is 25.0 Å². The van der Waals surface area contributed by atoms with E-state index in [1.54, 1.807) is 0 Å². The van der Waals surface area contributed by atoms with Gasteiger partial charge in [0.15, 0.2) is 0 Å². The van der Waals surface area contributed by atoms with E-state index in [1.807, 2.05) is 23.9 Å². The molecule has 0 aromatic heterocycles. The SMILES string of the molecule is CC(C)SCc1ccc(C(=N)[Se])cc1Br. The van der Waals surface area contributed by atoms with Crippen LogP contribution in [-0.2, 0) is 5.75 Å². The Kier molecular flexibility index (Phi) is 5.40. The number of hydrogen-bond donors (Lipinski definition) is 1. The van der Waals surface area contributed by atoms with E-state index in [2.05, 4.69) is 51.9 Å². The van der Waals surface area contributed by atoms with Crippen molar-refractivity contribution in [1.82, 2.24) is 0 Å². The summed E-state index contributed by atoms with van der Waals surface area (Å²) in [4.78, 5) is 0. The number of rotatable bonds is 4. The summed E-state index contributed by atoms with van der Waals surface area (Å²) >= 11 is 8.17. The Morgan fingerprint density at radius 3 is 2.67 bits per heavy atom. The fraction of sp³-hybridized carbons (Fsp3) is 0.364. The molecule has 0 aliphatic heterocycles. The van der Waals surface area contributed by atoms with Gasteiger partial charge >= 0.3 is 112 Å². The van der Waals surface area contributed by atoms with Gasteiger partial charge in [-0.25, -0.2) is 0 Å². The van der Waals surface area contributed by atoms with Crippen molar-refractivity contribution in [2.75, 3.05) is 0 Å². The molecule has 0 atom stereocenters. The molecule has 0 bridgehead atoms. The van der Waals surface area contributed by atoms with E-state index in [0.717, 1.165) is 15.8 Å². The van der Waals surface area contributed by atoms with Crippen molar-refractivity contribution < 1.29 is 0 Å². The number of halogens is 1. The maximum atomic E-state index is 7.49. The first-order valence-electron chi connectivity index (χ1n) is 4.66. The van der Waals surface area contributed by atoms with E-state index in [-0.39, 0.29) is 0 Å². The van der Waals surface area contributed by atoms with E-state index in [1.165, 1.54) is 5.56 Å². The van der Waals surface area contributed by atoms with Crippen molar-refractivity contribution in [2.45, 2.75) is 24.9 Å². The monoisotopic (exact) mass is 350 g/mol. The van der Waals surface area contributed by atoms with Crippen molar-refractivity contribution in [1.29, 1.82) is 5.41 Å². The van der Waals surface area contributed by atoms with Gasteiger partial charge in [-0.1, -0.05) is 0 Å². The first kappa shape index (κ1) is 13.3. The van der Waals surface area contributed by atoms with Gasteiger partial charge in [0.1, 0.15) is 0 Å². The summed E-state index contributed by atoms with van der Waals surface area (Å²) in [5, 5.41) is 8.14. The molecule has 1 N–H and O–H groups in total. The van der Waals surface area contributed by atoms with Crippen LogP contribution in [0.5, 0.6) is 0 Å². The molecule has 0 amide bonds. The second kappa shape index (κ2) is 6.09. The molecule has 0 saturated heterocycles. The molecule has 4 heteroatoms. The molecule has 0 aliphatic rings. The van der Waals surface area contributed by atoms with Gasteiger partial charge in [-0.3, -0.25) is 0 Å². The van der Waals surface area contributed by atoms with Crippen molar-refractivity contribution >= 4 is 48.3 Å². The predicted octanol–water partition coefficient (Wildman–Crippen LogP) is 3.58. The van der Waals surface area contributed by atoms with Crippen molar-refractivity contribution in [2.24, 2.45) is 0 Å².